The molecule has 0 radical (unpaired) electrons. The number of hydrogen-bond donors (Lipinski definition) is 4. The van der Waals surface area contributed by atoms with Gasteiger partial charge in [0.15, 0.2) is 0 Å². The number of aromatic nitrogens is 1. The number of esters is 1. The standard InChI is InChI=1S/C21H25ClN4O6/c1-4-32-18(28)8-16(13-5-11(2)6-14(22)19(13)29)26-17(27)10-24-20(30)12-7-15(23)21(31-3)25-9-12/h5-7,9,16,29H,4,8,10,23H2,1-3H3,(H,24,30)(H,26,27). The number of carbonyl (C=O) groups is 3. The van der Waals surface area contributed by atoms with Crippen LogP contribution < -0.4 is 21.1 Å². The summed E-state index contributed by atoms with van der Waals surface area (Å²) >= 11 is 6.04. The number of aryl methyl sites for hydroxylation is 1. The van der Waals surface area contributed by atoms with E-state index in [0.717, 1.165) is 5.56 Å². The Labute approximate surface area is 190 Å². The minimum atomic E-state index is -0.922. The molecule has 1 aromatic carbocycles. The number of rotatable bonds is 9. The van der Waals surface area contributed by atoms with Crippen molar-refractivity contribution in [1.82, 2.24) is 15.6 Å². The van der Waals surface area contributed by atoms with Crippen molar-refractivity contribution in [2.24, 2.45) is 0 Å². The molecule has 0 spiro atoms. The molecule has 5 N–H and O–H groups in total. The molecular formula is C21H25ClN4O6. The second-order valence-electron chi connectivity index (χ2n) is 6.82. The van der Waals surface area contributed by atoms with Gasteiger partial charge in [-0.1, -0.05) is 17.7 Å². The van der Waals surface area contributed by atoms with Crippen LogP contribution in [0.4, 0.5) is 5.69 Å². The van der Waals surface area contributed by atoms with Crippen molar-refractivity contribution in [3.8, 4) is 11.6 Å². The summed E-state index contributed by atoms with van der Waals surface area (Å²) in [5, 5.41) is 15.5. The van der Waals surface area contributed by atoms with Crippen LogP contribution in [0.15, 0.2) is 24.4 Å². The number of carbonyl (C=O) groups excluding carboxylic acids is 3. The molecule has 0 aliphatic carbocycles. The maximum Gasteiger partial charge on any atom is 0.308 e. The highest BCUT2D eigenvalue weighted by molar-refractivity contribution is 6.32. The normalized spacial score (nSPS) is 11.4. The number of hydrogen-bond acceptors (Lipinski definition) is 8. The molecule has 1 atom stereocenters. The zero-order valence-corrected chi connectivity index (χ0v) is 18.7. The first-order valence-corrected chi connectivity index (χ1v) is 10.1. The molecule has 2 aromatic rings. The Balaban J connectivity index is 2.12. The van der Waals surface area contributed by atoms with E-state index >= 15 is 0 Å². The van der Waals surface area contributed by atoms with E-state index in [1.54, 1.807) is 26.0 Å². The molecule has 1 aromatic heterocycles. The quantitative estimate of drug-likeness (QED) is 0.410. The first-order valence-electron chi connectivity index (χ1n) is 9.67. The SMILES string of the molecule is CCOC(=O)CC(NC(=O)CNC(=O)c1cnc(OC)c(N)c1)c1cc(C)cc(Cl)c1O. The zero-order chi connectivity index (χ0) is 23.8. The molecule has 172 valence electrons. The topological polar surface area (TPSA) is 153 Å². The number of phenols is 1. The first kappa shape index (κ1) is 24.7. The number of amides is 2. The third-order valence-corrected chi connectivity index (χ3v) is 4.66. The molecule has 1 heterocycles. The number of nitrogens with two attached hydrogens (primary N) is 1. The molecule has 0 saturated heterocycles. The predicted molar refractivity (Wildman–Crippen MR) is 118 cm³/mol. The molecule has 32 heavy (non-hydrogen) atoms. The molecule has 0 aliphatic heterocycles. The number of anilines is 1. The maximum atomic E-state index is 12.5. The predicted octanol–water partition coefficient (Wildman–Crippen LogP) is 1.88. The molecule has 0 saturated carbocycles. The van der Waals surface area contributed by atoms with E-state index < -0.39 is 30.4 Å². The molecule has 0 fully saturated rings. The average Bonchev–Trinajstić information content (AvgIpc) is 2.74. The van der Waals surface area contributed by atoms with Gasteiger partial charge in [0, 0.05) is 11.8 Å². The van der Waals surface area contributed by atoms with Gasteiger partial charge in [-0.05, 0) is 31.5 Å². The number of nitrogens with zero attached hydrogens (tertiary/aromatic N) is 1. The fourth-order valence-electron chi connectivity index (χ4n) is 2.92. The first-order chi connectivity index (χ1) is 15.2. The Morgan fingerprint density at radius 3 is 2.62 bits per heavy atom. The number of methoxy groups -OCH3 is 1. The number of nitrogens with one attached hydrogen (secondary N) is 2. The van der Waals surface area contributed by atoms with Gasteiger partial charge in [-0.2, -0.15) is 0 Å². The van der Waals surface area contributed by atoms with E-state index in [2.05, 4.69) is 15.6 Å². The van der Waals surface area contributed by atoms with Crippen molar-refractivity contribution in [3.63, 3.8) is 0 Å². The van der Waals surface area contributed by atoms with Crippen LogP contribution in [-0.4, -0.2) is 48.1 Å². The van der Waals surface area contributed by atoms with Crippen molar-refractivity contribution in [3.05, 3.63) is 46.1 Å². The van der Waals surface area contributed by atoms with E-state index in [1.807, 2.05) is 0 Å². The lowest BCUT2D eigenvalue weighted by atomic mass is 10.00. The Morgan fingerprint density at radius 1 is 1.28 bits per heavy atom. The maximum absolute atomic E-state index is 12.5. The largest absolute Gasteiger partial charge is 0.506 e. The number of aromatic hydroxyl groups is 1. The van der Waals surface area contributed by atoms with Crippen molar-refractivity contribution in [2.75, 3.05) is 26.0 Å². The van der Waals surface area contributed by atoms with Gasteiger partial charge in [0.1, 0.15) is 5.75 Å². The van der Waals surface area contributed by atoms with Crippen LogP contribution in [0, 0.1) is 6.92 Å². The second-order valence-corrected chi connectivity index (χ2v) is 7.23. The lowest BCUT2D eigenvalue weighted by molar-refractivity contribution is -0.143. The molecule has 0 aliphatic rings. The van der Waals surface area contributed by atoms with Gasteiger partial charge in [0.25, 0.3) is 5.91 Å². The molecule has 0 bridgehead atoms. The number of benzene rings is 1. The van der Waals surface area contributed by atoms with Crippen LogP contribution in [0.1, 0.15) is 40.9 Å². The van der Waals surface area contributed by atoms with E-state index in [0.29, 0.717) is 0 Å². The van der Waals surface area contributed by atoms with Gasteiger partial charge >= 0.3 is 5.97 Å². The average molecular weight is 465 g/mol. The highest BCUT2D eigenvalue weighted by atomic mass is 35.5. The van der Waals surface area contributed by atoms with Crippen LogP contribution >= 0.6 is 11.6 Å². The third kappa shape index (κ3) is 6.48. The van der Waals surface area contributed by atoms with Gasteiger partial charge in [-0.25, -0.2) is 4.98 Å². The fourth-order valence-corrected chi connectivity index (χ4v) is 3.21. The molecule has 2 amide bonds. The van der Waals surface area contributed by atoms with Gasteiger partial charge in [0.05, 0.1) is 49.0 Å². The summed E-state index contributed by atoms with van der Waals surface area (Å²) in [4.78, 5) is 40.7. The highest BCUT2D eigenvalue weighted by Gasteiger charge is 2.24. The summed E-state index contributed by atoms with van der Waals surface area (Å²) in [5.74, 6) is -1.82. The van der Waals surface area contributed by atoms with Crippen LogP contribution in [-0.2, 0) is 14.3 Å². The van der Waals surface area contributed by atoms with E-state index in [9.17, 15) is 19.5 Å². The van der Waals surface area contributed by atoms with Gasteiger partial charge < -0.3 is 30.9 Å². The zero-order valence-electron chi connectivity index (χ0n) is 17.9. The highest BCUT2D eigenvalue weighted by Crippen LogP contribution is 2.34. The summed E-state index contributed by atoms with van der Waals surface area (Å²) in [5.41, 5.74) is 7.04. The van der Waals surface area contributed by atoms with Crippen molar-refractivity contribution in [1.29, 1.82) is 0 Å². The van der Waals surface area contributed by atoms with Crippen molar-refractivity contribution in [2.45, 2.75) is 26.3 Å². The molecule has 1 unspecified atom stereocenters. The van der Waals surface area contributed by atoms with Crippen LogP contribution in [0.2, 0.25) is 5.02 Å². The molecule has 11 heteroatoms. The number of ether oxygens (including phenoxy) is 2. The Hall–Kier alpha value is -3.53. The summed E-state index contributed by atoms with van der Waals surface area (Å²) in [6.07, 6.45) is 1.03. The number of nitrogen functional groups attached to an aromatic ring is 1. The third-order valence-electron chi connectivity index (χ3n) is 4.37. The Bertz CT molecular complexity index is 1010. The molecule has 2 rings (SSSR count). The Morgan fingerprint density at radius 2 is 2.00 bits per heavy atom. The minimum Gasteiger partial charge on any atom is -0.506 e. The van der Waals surface area contributed by atoms with Gasteiger partial charge in [-0.15, -0.1) is 0 Å². The second kappa shape index (κ2) is 11.2. The smallest absolute Gasteiger partial charge is 0.308 e. The lowest BCUT2D eigenvalue weighted by Crippen LogP contribution is -2.39. The molecule has 10 nitrogen and oxygen atoms in total. The summed E-state index contributed by atoms with van der Waals surface area (Å²) in [6, 6.07) is 3.61. The van der Waals surface area contributed by atoms with Crippen LogP contribution in [0.25, 0.3) is 0 Å². The lowest BCUT2D eigenvalue weighted by Gasteiger charge is -2.21. The number of pyridine rings is 1. The van der Waals surface area contributed by atoms with Crippen molar-refractivity contribution >= 4 is 35.1 Å². The van der Waals surface area contributed by atoms with E-state index in [-0.39, 0.29) is 46.5 Å². The molecular weight excluding hydrogens is 440 g/mol. The monoisotopic (exact) mass is 464 g/mol. The van der Waals surface area contributed by atoms with Crippen LogP contribution in [0.3, 0.4) is 0 Å². The summed E-state index contributed by atoms with van der Waals surface area (Å²) < 4.78 is 9.90. The van der Waals surface area contributed by atoms with Gasteiger partial charge in [-0.3, -0.25) is 14.4 Å². The number of phenolic OH excluding ortho intramolecular Hbond substituents is 1. The Kier molecular flexibility index (Phi) is 8.65. The fraction of sp³-hybridized carbons (Fsp3) is 0.333. The minimum absolute atomic E-state index is 0.0843. The van der Waals surface area contributed by atoms with Gasteiger partial charge in [0.2, 0.25) is 11.8 Å². The summed E-state index contributed by atoms with van der Waals surface area (Å²) in [7, 11) is 1.40. The van der Waals surface area contributed by atoms with Crippen LogP contribution in [0.5, 0.6) is 11.6 Å². The number of halogens is 1. The van der Waals surface area contributed by atoms with E-state index in [4.69, 9.17) is 26.8 Å². The van der Waals surface area contributed by atoms with E-state index in [1.165, 1.54) is 19.4 Å². The summed E-state index contributed by atoms with van der Waals surface area (Å²) in [6.45, 7) is 3.18. The van der Waals surface area contributed by atoms with Crippen molar-refractivity contribution < 1.29 is 29.0 Å².